The highest BCUT2D eigenvalue weighted by Crippen LogP contribution is 2.34. The molecule has 1 aliphatic carbocycles. The maximum Gasteiger partial charge on any atom is 0.220 e. The van der Waals surface area contributed by atoms with Gasteiger partial charge in [0.2, 0.25) is 5.91 Å². The Morgan fingerprint density at radius 2 is 1.78 bits per heavy atom. The fourth-order valence-corrected chi connectivity index (χ4v) is 4.53. The van der Waals surface area contributed by atoms with Crippen LogP contribution < -0.4 is 10.6 Å². The van der Waals surface area contributed by atoms with E-state index in [1.807, 2.05) is 7.05 Å². The Morgan fingerprint density at radius 1 is 1.13 bits per heavy atom. The molecule has 138 valence electrons. The Kier molecular flexibility index (Phi) is 12.8. The monoisotopic (exact) mass is 385 g/mol. The maximum absolute atomic E-state index is 12.0. The van der Waals surface area contributed by atoms with Crippen LogP contribution in [-0.2, 0) is 4.79 Å². The van der Waals surface area contributed by atoms with Crippen LogP contribution in [0.5, 0.6) is 0 Å². The van der Waals surface area contributed by atoms with Gasteiger partial charge in [-0.2, -0.15) is 11.8 Å². The SMILES string of the molecule is CNCCCC(=O)NCC1(N2CCSCC2)CCCCC1.Cl.Cl. The van der Waals surface area contributed by atoms with Crippen molar-refractivity contribution in [3.8, 4) is 0 Å². The molecule has 0 aromatic carbocycles. The summed E-state index contributed by atoms with van der Waals surface area (Å²) in [5.74, 6) is 2.72. The van der Waals surface area contributed by atoms with Crippen molar-refractivity contribution in [2.45, 2.75) is 50.5 Å². The molecule has 0 atom stereocenters. The molecule has 1 heterocycles. The number of hydrogen-bond donors (Lipinski definition) is 2. The molecule has 2 N–H and O–H groups in total. The van der Waals surface area contributed by atoms with E-state index in [0.29, 0.717) is 6.42 Å². The van der Waals surface area contributed by atoms with E-state index in [-0.39, 0.29) is 36.3 Å². The van der Waals surface area contributed by atoms with Gasteiger partial charge in [0.25, 0.3) is 0 Å². The second-order valence-electron chi connectivity index (χ2n) is 6.37. The van der Waals surface area contributed by atoms with Gasteiger partial charge in [-0.1, -0.05) is 19.3 Å². The van der Waals surface area contributed by atoms with Gasteiger partial charge in [0.15, 0.2) is 0 Å². The summed E-state index contributed by atoms with van der Waals surface area (Å²) in [6, 6.07) is 0. The third-order valence-corrected chi connectivity index (χ3v) is 5.85. The lowest BCUT2D eigenvalue weighted by atomic mass is 9.80. The fourth-order valence-electron chi connectivity index (χ4n) is 3.63. The van der Waals surface area contributed by atoms with Crippen molar-refractivity contribution in [3.05, 3.63) is 0 Å². The third-order valence-electron chi connectivity index (χ3n) is 4.91. The van der Waals surface area contributed by atoms with Crippen molar-refractivity contribution in [3.63, 3.8) is 0 Å². The van der Waals surface area contributed by atoms with Gasteiger partial charge in [-0.25, -0.2) is 0 Å². The van der Waals surface area contributed by atoms with Crippen LogP contribution in [0, 0.1) is 0 Å². The molecular formula is C16H33Cl2N3OS. The molecule has 2 rings (SSSR count). The van der Waals surface area contributed by atoms with E-state index < -0.39 is 0 Å². The van der Waals surface area contributed by atoms with Crippen LogP contribution in [-0.4, -0.2) is 61.1 Å². The number of hydrogen-bond acceptors (Lipinski definition) is 4. The molecule has 2 fully saturated rings. The van der Waals surface area contributed by atoms with E-state index in [1.165, 1.54) is 56.7 Å². The first kappa shape index (κ1) is 23.3. The number of halogens is 2. The molecule has 1 saturated heterocycles. The van der Waals surface area contributed by atoms with E-state index in [9.17, 15) is 4.79 Å². The van der Waals surface area contributed by atoms with E-state index in [4.69, 9.17) is 0 Å². The van der Waals surface area contributed by atoms with Crippen molar-refractivity contribution in [2.24, 2.45) is 0 Å². The van der Waals surface area contributed by atoms with Gasteiger partial charge >= 0.3 is 0 Å². The lowest BCUT2D eigenvalue weighted by Gasteiger charge is -2.48. The van der Waals surface area contributed by atoms with E-state index in [2.05, 4.69) is 27.3 Å². The lowest BCUT2D eigenvalue weighted by molar-refractivity contribution is -0.122. The van der Waals surface area contributed by atoms with Crippen molar-refractivity contribution in [2.75, 3.05) is 44.7 Å². The molecule has 0 radical (unpaired) electrons. The molecule has 23 heavy (non-hydrogen) atoms. The topological polar surface area (TPSA) is 44.4 Å². The summed E-state index contributed by atoms with van der Waals surface area (Å²) < 4.78 is 0. The molecule has 1 saturated carbocycles. The van der Waals surface area contributed by atoms with Gasteiger partial charge in [0.1, 0.15) is 0 Å². The largest absolute Gasteiger partial charge is 0.354 e. The average Bonchev–Trinajstić information content (AvgIpc) is 2.55. The van der Waals surface area contributed by atoms with Gasteiger partial charge < -0.3 is 10.6 Å². The summed E-state index contributed by atoms with van der Waals surface area (Å²) in [5, 5.41) is 6.33. The molecular weight excluding hydrogens is 353 g/mol. The summed E-state index contributed by atoms with van der Waals surface area (Å²) in [6.45, 7) is 4.17. The van der Waals surface area contributed by atoms with Crippen LogP contribution in [0.4, 0.5) is 0 Å². The summed E-state index contributed by atoms with van der Waals surface area (Å²) in [6.07, 6.45) is 8.09. The first-order valence-electron chi connectivity index (χ1n) is 8.51. The van der Waals surface area contributed by atoms with Crippen LogP contribution in [0.3, 0.4) is 0 Å². The van der Waals surface area contributed by atoms with Crippen molar-refractivity contribution in [1.82, 2.24) is 15.5 Å². The normalized spacial score (nSPS) is 20.9. The van der Waals surface area contributed by atoms with E-state index in [0.717, 1.165) is 19.5 Å². The molecule has 0 aromatic rings. The van der Waals surface area contributed by atoms with Gasteiger partial charge in [-0.05, 0) is 32.9 Å². The molecule has 4 nitrogen and oxygen atoms in total. The number of rotatable bonds is 7. The second kappa shape index (κ2) is 12.6. The Bertz CT molecular complexity index is 322. The predicted octanol–water partition coefficient (Wildman–Crippen LogP) is 2.70. The zero-order valence-corrected chi connectivity index (χ0v) is 16.7. The smallest absolute Gasteiger partial charge is 0.220 e. The zero-order chi connectivity index (χ0) is 15.0. The Labute approximate surface area is 158 Å². The summed E-state index contributed by atoms with van der Waals surface area (Å²) in [4.78, 5) is 14.7. The van der Waals surface area contributed by atoms with Crippen LogP contribution in [0.25, 0.3) is 0 Å². The quantitative estimate of drug-likeness (QED) is 0.661. The van der Waals surface area contributed by atoms with E-state index in [1.54, 1.807) is 0 Å². The van der Waals surface area contributed by atoms with Crippen LogP contribution >= 0.6 is 36.6 Å². The van der Waals surface area contributed by atoms with Crippen LogP contribution in [0.2, 0.25) is 0 Å². The van der Waals surface area contributed by atoms with Gasteiger partial charge in [-0.15, -0.1) is 24.8 Å². The van der Waals surface area contributed by atoms with Crippen molar-refractivity contribution < 1.29 is 4.79 Å². The molecule has 7 heteroatoms. The van der Waals surface area contributed by atoms with Crippen molar-refractivity contribution in [1.29, 1.82) is 0 Å². The van der Waals surface area contributed by atoms with Gasteiger partial charge in [0.05, 0.1) is 0 Å². The highest BCUT2D eigenvalue weighted by atomic mass is 35.5. The summed E-state index contributed by atoms with van der Waals surface area (Å²) in [7, 11) is 1.93. The number of carbonyl (C=O) groups is 1. The van der Waals surface area contributed by atoms with Gasteiger partial charge in [-0.3, -0.25) is 9.69 Å². The predicted molar refractivity (Wildman–Crippen MR) is 105 cm³/mol. The highest BCUT2D eigenvalue weighted by molar-refractivity contribution is 7.99. The highest BCUT2D eigenvalue weighted by Gasteiger charge is 2.38. The molecule has 1 amide bonds. The summed E-state index contributed by atoms with van der Waals surface area (Å²) in [5.41, 5.74) is 0.248. The maximum atomic E-state index is 12.0. The molecule has 2 aliphatic rings. The van der Waals surface area contributed by atoms with Crippen LogP contribution in [0.1, 0.15) is 44.9 Å². The minimum atomic E-state index is 0. The lowest BCUT2D eigenvalue weighted by Crippen LogP contribution is -2.58. The Balaban J connectivity index is 0.00000242. The Morgan fingerprint density at radius 3 is 2.39 bits per heavy atom. The van der Waals surface area contributed by atoms with Crippen LogP contribution in [0.15, 0.2) is 0 Å². The number of nitrogens with one attached hydrogen (secondary N) is 2. The summed E-state index contributed by atoms with van der Waals surface area (Å²) >= 11 is 2.06. The first-order valence-corrected chi connectivity index (χ1v) is 9.66. The number of nitrogens with zero attached hydrogens (tertiary/aromatic N) is 1. The average molecular weight is 386 g/mol. The molecule has 0 unspecified atom stereocenters. The second-order valence-corrected chi connectivity index (χ2v) is 7.59. The fraction of sp³-hybridized carbons (Fsp3) is 0.938. The molecule has 0 spiro atoms. The number of amides is 1. The minimum Gasteiger partial charge on any atom is -0.354 e. The first-order chi connectivity index (χ1) is 10.3. The number of thioether (sulfide) groups is 1. The number of carbonyl (C=O) groups excluding carboxylic acids is 1. The van der Waals surface area contributed by atoms with Gasteiger partial charge in [0, 0.05) is 43.1 Å². The van der Waals surface area contributed by atoms with E-state index >= 15 is 0 Å². The minimum absolute atomic E-state index is 0. The zero-order valence-electron chi connectivity index (χ0n) is 14.3. The molecule has 0 aromatic heterocycles. The molecule has 0 bridgehead atoms. The molecule has 1 aliphatic heterocycles. The van der Waals surface area contributed by atoms with Crippen molar-refractivity contribution >= 4 is 42.5 Å². The third kappa shape index (κ3) is 7.39. The standard InChI is InChI=1S/C16H31N3OS.2ClH/c1-17-9-5-6-15(20)18-14-16(7-3-2-4-8-16)19-10-12-21-13-11-19;;/h17H,2-14H2,1H3,(H,18,20);2*1H. The Hall–Kier alpha value is 0.320.